The Morgan fingerprint density at radius 2 is 0.645 bits per heavy atom. The van der Waals surface area contributed by atoms with E-state index >= 15 is 26.3 Å². The molecular weight excluding hydrogens is 1720 g/mol. The van der Waals surface area contributed by atoms with Crippen molar-refractivity contribution in [1.29, 1.82) is 0 Å². The van der Waals surface area contributed by atoms with E-state index in [1.165, 1.54) is 0 Å². The van der Waals surface area contributed by atoms with Gasteiger partial charge in [0.25, 0.3) is 6.47 Å². The van der Waals surface area contributed by atoms with Gasteiger partial charge in [0.2, 0.25) is 10.8 Å². The molecule has 0 aromatic heterocycles. The summed E-state index contributed by atoms with van der Waals surface area (Å²) in [5.41, 5.74) is -42.1. The minimum absolute atomic E-state index is 0. The van der Waals surface area contributed by atoms with E-state index < -0.39 is 248 Å². The van der Waals surface area contributed by atoms with Gasteiger partial charge in [0.1, 0.15) is 34.3 Å². The van der Waals surface area contributed by atoms with Crippen LogP contribution in [0.4, 0.5) is 105 Å². The predicted molar refractivity (Wildman–Crippen MR) is 366 cm³/mol. The van der Waals surface area contributed by atoms with Crippen LogP contribution in [0.2, 0.25) is 0 Å². The number of carboxylic acid groups (broad SMARTS) is 1. The SMILES string of the molecule is CC(O)(c1cc(-c2ccc(O)c(C(C)(O)C(F)(F)F)c2)ccc1O)C(F)(F)F.COc1ccc(-c2ccc(OC(=O)c3cc(C(c4ccc(C(=O)O)c(C(C)=O)c4)(C(F)(F)F)C(F)(F)F)ccc3OC=O)c(C(C)(O)C(F)(F)F)c2)cc1C(C)(O)C(F)(F)F.O=C1OC(=O)c2cc(C(c3ccc4c(c3)C(=O)OC4=O)(C(F)(F)F)C(F)(F)F)ccc21.S. The number of esters is 5. The number of alkyl halides is 24. The first-order valence-corrected chi connectivity index (χ1v) is 32.7. The van der Waals surface area contributed by atoms with Crippen LogP contribution >= 0.6 is 13.5 Å². The molecule has 2 aliphatic rings. The third kappa shape index (κ3) is 17.3. The summed E-state index contributed by atoms with van der Waals surface area (Å²) in [5, 5.41) is 69.5. The number of cyclic esters (lactones) is 4. The Hall–Kier alpha value is -12.0. The molecule has 650 valence electrons. The number of aliphatic hydroxyl groups is 4. The molecule has 7 N–H and O–H groups in total. The van der Waals surface area contributed by atoms with Gasteiger partial charge in [0, 0.05) is 27.8 Å². The molecule has 8 aromatic carbocycles. The van der Waals surface area contributed by atoms with Crippen LogP contribution < -0.4 is 14.2 Å². The zero-order valence-electron chi connectivity index (χ0n) is 60.9. The molecule has 121 heavy (non-hydrogen) atoms. The van der Waals surface area contributed by atoms with Gasteiger partial charge >= 0.3 is 85.2 Å². The number of benzene rings is 8. The number of carbonyl (C=O) groups is 8. The molecule has 0 saturated carbocycles. The van der Waals surface area contributed by atoms with E-state index in [0.29, 0.717) is 76.2 Å². The number of carbonyl (C=O) groups excluding carboxylic acids is 7. The lowest BCUT2D eigenvalue weighted by Crippen LogP contribution is -2.55. The number of aromatic hydroxyl groups is 2. The number of carboxylic acids is 1. The quantitative estimate of drug-likeness (QED) is 0.0111. The summed E-state index contributed by atoms with van der Waals surface area (Å²) in [6.07, 6.45) is -46.2. The number of hydrogen-bond donors (Lipinski definition) is 7. The number of rotatable bonds is 17. The van der Waals surface area contributed by atoms with Gasteiger partial charge in [-0.3, -0.25) is 9.59 Å². The minimum atomic E-state index is -6.44. The van der Waals surface area contributed by atoms with Crippen molar-refractivity contribution in [3.63, 3.8) is 0 Å². The highest BCUT2D eigenvalue weighted by molar-refractivity contribution is 7.59. The van der Waals surface area contributed by atoms with E-state index in [1.54, 1.807) is 0 Å². The van der Waals surface area contributed by atoms with Crippen molar-refractivity contribution < 1.29 is 203 Å². The van der Waals surface area contributed by atoms with E-state index in [2.05, 4.69) is 14.2 Å². The third-order valence-corrected chi connectivity index (χ3v) is 19.1. The number of methoxy groups -OCH3 is 1. The summed E-state index contributed by atoms with van der Waals surface area (Å²) < 4.78 is 362. The van der Waals surface area contributed by atoms with Crippen molar-refractivity contribution >= 4 is 61.6 Å². The van der Waals surface area contributed by atoms with Gasteiger partial charge in [-0.2, -0.15) is 119 Å². The molecular formula is C76H52F24O20S. The Kier molecular flexibility index (Phi) is 25.9. The third-order valence-electron chi connectivity index (χ3n) is 19.1. The van der Waals surface area contributed by atoms with Gasteiger partial charge in [-0.1, -0.05) is 48.5 Å². The Labute approximate surface area is 667 Å². The zero-order chi connectivity index (χ0) is 91.1. The average Bonchev–Trinajstić information content (AvgIpc) is 1.63. The van der Waals surface area contributed by atoms with Gasteiger partial charge in [-0.05, 0) is 176 Å². The van der Waals surface area contributed by atoms with Crippen LogP contribution in [0.3, 0.4) is 0 Å². The van der Waals surface area contributed by atoms with Crippen molar-refractivity contribution in [2.75, 3.05) is 7.11 Å². The molecule has 0 radical (unpaired) electrons. The maximum Gasteiger partial charge on any atom is 0.421 e. The fourth-order valence-electron chi connectivity index (χ4n) is 12.4. The number of ketones is 1. The molecule has 0 aliphatic carbocycles. The standard InChI is InChI=1S/C39H28F12O10.C19H6F6O6.C18H16F6O4.H2S/c1-18(53)24-15-21(7-9-23(24)31(54)55)35(38(46,47)48,39(49,50)51)22-8-12-28(60-17-52)25(16-22)32(56)61-30-11-6-20(14-27(30)34(3,58)37(43,44)45)19-5-10-29(59-4)26(13-19)33(2,57)36(40,41)42;20-18(21,22)17(19(23,24)25,7-1-3-9-11(5-7)15(28)30-13(9)26)8-2-4-10-12(6-8)16(29)31-14(10)27;1-15(27,17(19,20)21)11-7-9(3-5-13(11)25)10-4-6-14(26)12(8-10)16(2,28)18(22,23)24;/h5-17,57-58H,1-4H3,(H,54,55);1-6H;3-8,25-28H,1-2H3;1H2. The number of halogens is 24. The molecule has 4 unspecified atom stereocenters. The second kappa shape index (κ2) is 32.5. The van der Waals surface area contributed by atoms with E-state index in [9.17, 15) is 153 Å². The van der Waals surface area contributed by atoms with E-state index in [1.807, 2.05) is 0 Å². The molecule has 2 aliphatic heterocycles. The molecule has 20 nitrogen and oxygen atoms in total. The van der Waals surface area contributed by atoms with Crippen LogP contribution in [0.15, 0.2) is 146 Å². The lowest BCUT2D eigenvalue weighted by Gasteiger charge is -2.38. The van der Waals surface area contributed by atoms with Gasteiger partial charge in [0.05, 0.1) is 34.9 Å². The molecule has 0 spiro atoms. The van der Waals surface area contributed by atoms with Crippen LogP contribution in [0.5, 0.6) is 28.7 Å². The normalized spacial score (nSPS) is 15.5. The number of ether oxygens (including phenoxy) is 5. The number of fused-ring (bicyclic) bond motifs is 2. The van der Waals surface area contributed by atoms with Gasteiger partial charge in [-0.15, -0.1) is 0 Å². The molecule has 0 amide bonds. The lowest BCUT2D eigenvalue weighted by molar-refractivity contribution is -0.290. The van der Waals surface area contributed by atoms with Gasteiger partial charge < -0.3 is 59.4 Å². The predicted octanol–water partition coefficient (Wildman–Crippen LogP) is 17.1. The van der Waals surface area contributed by atoms with Crippen LogP contribution in [0, 0.1) is 0 Å². The molecule has 10 rings (SSSR count). The monoisotopic (exact) mass is 1770 g/mol. The second-order valence-corrected chi connectivity index (χ2v) is 26.7. The smallest absolute Gasteiger partial charge is 0.421 e. The van der Waals surface area contributed by atoms with Crippen molar-refractivity contribution in [3.8, 4) is 51.0 Å². The summed E-state index contributed by atoms with van der Waals surface area (Å²) >= 11 is 0. The molecule has 0 saturated heterocycles. The summed E-state index contributed by atoms with van der Waals surface area (Å²) in [7, 11) is 0.947. The minimum Gasteiger partial charge on any atom is -0.508 e. The van der Waals surface area contributed by atoms with E-state index in [-0.39, 0.29) is 79.6 Å². The van der Waals surface area contributed by atoms with E-state index in [0.717, 1.165) is 61.7 Å². The Morgan fingerprint density at radius 3 is 0.975 bits per heavy atom. The Morgan fingerprint density at radius 1 is 0.355 bits per heavy atom. The van der Waals surface area contributed by atoms with Crippen LogP contribution in [-0.2, 0) is 47.5 Å². The first-order valence-electron chi connectivity index (χ1n) is 32.7. The highest BCUT2D eigenvalue weighted by Crippen LogP contribution is 2.60. The summed E-state index contributed by atoms with van der Waals surface area (Å²) in [5.74, 6) is -15.1. The first kappa shape index (κ1) is 96.2. The summed E-state index contributed by atoms with van der Waals surface area (Å²) in [6, 6.07) is 13.1. The highest BCUT2D eigenvalue weighted by Gasteiger charge is 2.74. The zero-order valence-corrected chi connectivity index (χ0v) is 61.9. The molecule has 45 heteroatoms. The second-order valence-electron chi connectivity index (χ2n) is 26.7. The molecule has 8 aromatic rings. The topological polar surface area (TPSA) is 324 Å². The number of hydrogen-bond acceptors (Lipinski definition) is 19. The van der Waals surface area contributed by atoms with Crippen LogP contribution in [0.25, 0.3) is 22.3 Å². The summed E-state index contributed by atoms with van der Waals surface area (Å²) in [6.45, 7) is 1.53. The van der Waals surface area contributed by atoms with Crippen molar-refractivity contribution in [3.05, 3.63) is 229 Å². The molecule has 0 fully saturated rings. The number of phenols is 2. The Bertz CT molecular complexity index is 5280. The highest BCUT2D eigenvalue weighted by atomic mass is 32.1. The first-order chi connectivity index (χ1) is 54.6. The maximum absolute atomic E-state index is 15.1. The average molecular weight is 1770 g/mol. The molecule has 2 heterocycles. The molecule has 0 bridgehead atoms. The fourth-order valence-corrected chi connectivity index (χ4v) is 12.4. The van der Waals surface area contributed by atoms with Gasteiger partial charge in [-0.25, -0.2) is 28.8 Å². The molecule has 4 atom stereocenters. The number of aromatic carboxylic acids is 1. The number of Topliss-reactive ketones (excluding diaryl/α,β-unsaturated/α-hetero) is 1. The fraction of sp³-hybridized carbons (Fsp3) is 0.263. The number of phenolic OH excluding ortho intramolecular Hbond substituents is 2. The lowest BCUT2D eigenvalue weighted by atomic mass is 9.71. The summed E-state index contributed by atoms with van der Waals surface area (Å²) in [4.78, 5) is 95.3. The maximum atomic E-state index is 15.1. The van der Waals surface area contributed by atoms with Crippen LogP contribution in [0.1, 0.15) is 152 Å². The van der Waals surface area contributed by atoms with Crippen molar-refractivity contribution in [2.24, 2.45) is 0 Å². The Balaban J connectivity index is 0.000000279. The van der Waals surface area contributed by atoms with Gasteiger partial charge in [0.15, 0.2) is 28.2 Å². The van der Waals surface area contributed by atoms with Crippen LogP contribution in [-0.4, -0.2) is 140 Å². The largest absolute Gasteiger partial charge is 0.508 e. The van der Waals surface area contributed by atoms with E-state index in [4.69, 9.17) is 9.47 Å². The van der Waals surface area contributed by atoms with Crippen molar-refractivity contribution in [1.82, 2.24) is 0 Å². The van der Waals surface area contributed by atoms with Crippen molar-refractivity contribution in [2.45, 2.75) is 117 Å².